The Morgan fingerprint density at radius 1 is 1.25 bits per heavy atom. The fourth-order valence-corrected chi connectivity index (χ4v) is 4.16. The topological polar surface area (TPSA) is 79.6 Å². The first kappa shape index (κ1) is 20.3. The van der Waals surface area contributed by atoms with Crippen LogP contribution in [0.25, 0.3) is 4.96 Å². The van der Waals surface area contributed by atoms with Gasteiger partial charge in [-0.05, 0) is 44.2 Å². The normalized spacial score (nSPS) is 11.0. The van der Waals surface area contributed by atoms with Crippen molar-refractivity contribution in [1.29, 1.82) is 0 Å². The van der Waals surface area contributed by atoms with Crippen molar-refractivity contribution in [3.05, 3.63) is 51.9 Å². The first-order chi connectivity index (χ1) is 13.6. The van der Waals surface area contributed by atoms with E-state index in [2.05, 4.69) is 27.5 Å². The zero-order valence-corrected chi connectivity index (χ0v) is 17.8. The molecule has 2 heterocycles. The number of hydrogen-bond acceptors (Lipinski definition) is 7. The Labute approximate surface area is 171 Å². The number of nitrogens with one attached hydrogen (secondary N) is 1. The van der Waals surface area contributed by atoms with E-state index < -0.39 is 11.5 Å². The number of carbonyl (C=O) groups is 1. The van der Waals surface area contributed by atoms with Crippen LogP contribution in [-0.4, -0.2) is 46.4 Å². The fourth-order valence-electron chi connectivity index (χ4n) is 2.76. The lowest BCUT2D eigenvalue weighted by atomic mass is 10.1. The second kappa shape index (κ2) is 9.20. The highest BCUT2D eigenvalue weighted by molar-refractivity contribution is 7.98. The molecule has 1 amide bonds. The number of rotatable bonds is 8. The van der Waals surface area contributed by atoms with E-state index in [4.69, 9.17) is 0 Å². The molecule has 3 rings (SSSR count). The smallest absolute Gasteiger partial charge is 0.288 e. The second-order valence-electron chi connectivity index (χ2n) is 6.08. The van der Waals surface area contributed by atoms with Crippen LogP contribution in [0.15, 0.2) is 40.2 Å². The summed E-state index contributed by atoms with van der Waals surface area (Å²) < 4.78 is 1.22. The van der Waals surface area contributed by atoms with Crippen LogP contribution in [0.5, 0.6) is 0 Å². The molecule has 9 heteroatoms. The molecule has 0 radical (unpaired) electrons. The van der Waals surface area contributed by atoms with E-state index in [9.17, 15) is 9.59 Å². The Balaban J connectivity index is 1.70. The molecule has 0 saturated heterocycles. The van der Waals surface area contributed by atoms with E-state index in [1.165, 1.54) is 26.9 Å². The Bertz CT molecular complexity index is 1010. The van der Waals surface area contributed by atoms with E-state index in [0.717, 1.165) is 23.8 Å². The van der Waals surface area contributed by atoms with Crippen molar-refractivity contribution >= 4 is 39.1 Å². The first-order valence-electron chi connectivity index (χ1n) is 9.12. The molecule has 1 aromatic carbocycles. The van der Waals surface area contributed by atoms with E-state index in [-0.39, 0.29) is 5.56 Å². The highest BCUT2D eigenvalue weighted by atomic mass is 32.2. The van der Waals surface area contributed by atoms with Crippen molar-refractivity contribution in [3.63, 3.8) is 0 Å². The summed E-state index contributed by atoms with van der Waals surface area (Å²) in [5.41, 5.74) is 0.694. The van der Waals surface area contributed by atoms with Crippen molar-refractivity contribution in [2.45, 2.75) is 25.2 Å². The number of nitrogens with zero attached hydrogens (tertiary/aromatic N) is 4. The average Bonchev–Trinajstić information content (AvgIpc) is 3.14. The molecule has 7 nitrogen and oxygen atoms in total. The zero-order chi connectivity index (χ0) is 20.1. The highest BCUT2D eigenvalue weighted by Gasteiger charge is 2.17. The monoisotopic (exact) mass is 417 g/mol. The van der Waals surface area contributed by atoms with Gasteiger partial charge < -0.3 is 10.2 Å². The maximum atomic E-state index is 12.7. The molecular formula is C19H23N5O2S2. The van der Waals surface area contributed by atoms with Gasteiger partial charge in [-0.15, -0.1) is 16.9 Å². The number of aromatic nitrogens is 3. The van der Waals surface area contributed by atoms with Gasteiger partial charge in [-0.1, -0.05) is 23.5 Å². The Kier molecular flexibility index (Phi) is 6.69. The Morgan fingerprint density at radius 3 is 2.61 bits per heavy atom. The second-order valence-corrected chi connectivity index (χ2v) is 7.90. The molecule has 0 fully saturated rings. The van der Waals surface area contributed by atoms with Crippen LogP contribution in [-0.2, 0) is 6.42 Å². The molecule has 0 aliphatic carbocycles. The van der Waals surface area contributed by atoms with Gasteiger partial charge in [0.05, 0.1) is 0 Å². The van der Waals surface area contributed by atoms with Crippen LogP contribution < -0.4 is 15.8 Å². The Hall–Kier alpha value is -2.39. The third kappa shape index (κ3) is 4.36. The summed E-state index contributed by atoms with van der Waals surface area (Å²) >= 11 is 3.03. The minimum absolute atomic E-state index is 0.00614. The molecule has 0 bridgehead atoms. The number of amides is 1. The average molecular weight is 418 g/mol. The van der Waals surface area contributed by atoms with E-state index in [1.807, 2.05) is 37.1 Å². The maximum Gasteiger partial charge on any atom is 0.288 e. The fraction of sp³-hybridized carbons (Fsp3) is 0.368. The van der Waals surface area contributed by atoms with Crippen LogP contribution in [0.2, 0.25) is 0 Å². The van der Waals surface area contributed by atoms with E-state index in [0.29, 0.717) is 17.9 Å². The van der Waals surface area contributed by atoms with Gasteiger partial charge in [0, 0.05) is 30.7 Å². The SMILES string of the molecule is CCN(CC)c1nn2c(=O)c(C(=O)NCCc3ccc(SC)cc3)cnc2s1. The summed E-state index contributed by atoms with van der Waals surface area (Å²) in [5.74, 6) is -0.426. The van der Waals surface area contributed by atoms with Crippen LogP contribution in [0.3, 0.4) is 0 Å². The first-order valence-corrected chi connectivity index (χ1v) is 11.2. The molecule has 0 aliphatic heterocycles. The number of carbonyl (C=O) groups excluding carboxylic acids is 1. The lowest BCUT2D eigenvalue weighted by Crippen LogP contribution is -2.33. The lowest BCUT2D eigenvalue weighted by molar-refractivity contribution is 0.0952. The largest absolute Gasteiger partial charge is 0.351 e. The van der Waals surface area contributed by atoms with Gasteiger partial charge in [-0.25, -0.2) is 4.98 Å². The van der Waals surface area contributed by atoms with Crippen molar-refractivity contribution in [3.8, 4) is 0 Å². The number of hydrogen-bond donors (Lipinski definition) is 1. The summed E-state index contributed by atoms with van der Waals surface area (Å²) in [7, 11) is 0. The predicted molar refractivity (Wildman–Crippen MR) is 115 cm³/mol. The third-order valence-electron chi connectivity index (χ3n) is 4.41. The van der Waals surface area contributed by atoms with Gasteiger partial charge in [-0.3, -0.25) is 9.59 Å². The number of thioether (sulfide) groups is 1. The quantitative estimate of drug-likeness (QED) is 0.568. The molecule has 28 heavy (non-hydrogen) atoms. The van der Waals surface area contributed by atoms with Gasteiger partial charge in [-0.2, -0.15) is 4.52 Å². The lowest BCUT2D eigenvalue weighted by Gasteiger charge is -2.15. The van der Waals surface area contributed by atoms with Crippen molar-refractivity contribution in [2.75, 3.05) is 30.8 Å². The molecule has 0 aliphatic rings. The number of fused-ring (bicyclic) bond motifs is 1. The van der Waals surface area contributed by atoms with Gasteiger partial charge in [0.15, 0.2) is 0 Å². The van der Waals surface area contributed by atoms with E-state index >= 15 is 0 Å². The summed E-state index contributed by atoms with van der Waals surface area (Å²) in [5, 5.41) is 7.87. The van der Waals surface area contributed by atoms with Crippen LogP contribution in [0.4, 0.5) is 5.13 Å². The molecule has 0 spiro atoms. The molecule has 3 aromatic rings. The molecule has 148 valence electrons. The molecule has 1 N–H and O–H groups in total. The van der Waals surface area contributed by atoms with Gasteiger partial charge in [0.1, 0.15) is 5.56 Å². The summed E-state index contributed by atoms with van der Waals surface area (Å²) in [6, 6.07) is 8.21. The minimum atomic E-state index is -0.443. The van der Waals surface area contributed by atoms with E-state index in [1.54, 1.807) is 11.8 Å². The Morgan fingerprint density at radius 2 is 1.96 bits per heavy atom. The van der Waals surface area contributed by atoms with Crippen LogP contribution >= 0.6 is 23.1 Å². The summed E-state index contributed by atoms with van der Waals surface area (Å²) in [6.07, 6.45) is 4.07. The number of anilines is 1. The molecule has 0 unspecified atom stereocenters. The summed E-state index contributed by atoms with van der Waals surface area (Å²) in [4.78, 5) is 33.1. The third-order valence-corrected chi connectivity index (χ3v) is 6.14. The highest BCUT2D eigenvalue weighted by Crippen LogP contribution is 2.20. The molecule has 0 saturated carbocycles. The van der Waals surface area contributed by atoms with Gasteiger partial charge in [0.2, 0.25) is 10.1 Å². The molecular weight excluding hydrogens is 394 g/mol. The van der Waals surface area contributed by atoms with Crippen LogP contribution in [0.1, 0.15) is 29.8 Å². The number of benzene rings is 1. The van der Waals surface area contributed by atoms with Crippen molar-refractivity contribution < 1.29 is 4.79 Å². The van der Waals surface area contributed by atoms with Crippen LogP contribution in [0, 0.1) is 0 Å². The van der Waals surface area contributed by atoms with Gasteiger partial charge in [0.25, 0.3) is 11.5 Å². The predicted octanol–water partition coefficient (Wildman–Crippen LogP) is 2.69. The molecule has 2 aromatic heterocycles. The van der Waals surface area contributed by atoms with Gasteiger partial charge >= 0.3 is 0 Å². The van der Waals surface area contributed by atoms with Crippen molar-refractivity contribution in [1.82, 2.24) is 19.9 Å². The zero-order valence-electron chi connectivity index (χ0n) is 16.1. The molecule has 0 atom stereocenters. The maximum absolute atomic E-state index is 12.7. The minimum Gasteiger partial charge on any atom is -0.351 e. The standard InChI is InChI=1S/C19H23N5O2S2/c1-4-23(5-2)19-22-24-17(26)15(12-21-18(24)28-19)16(25)20-11-10-13-6-8-14(27-3)9-7-13/h6-9,12H,4-5,10-11H2,1-3H3,(H,20,25). The van der Waals surface area contributed by atoms with Crippen molar-refractivity contribution in [2.24, 2.45) is 0 Å². The summed E-state index contributed by atoms with van der Waals surface area (Å²) in [6.45, 7) is 6.08.